The van der Waals surface area contributed by atoms with Crippen LogP contribution in [0.3, 0.4) is 0 Å². The van der Waals surface area contributed by atoms with E-state index in [0.29, 0.717) is 10.0 Å². The first-order chi connectivity index (χ1) is 9.56. The summed E-state index contributed by atoms with van der Waals surface area (Å²) < 4.78 is 14.3. The van der Waals surface area contributed by atoms with Crippen LogP contribution >= 0.6 is 31.9 Å². The summed E-state index contributed by atoms with van der Waals surface area (Å²) in [5.41, 5.74) is 0.725. The maximum absolute atomic E-state index is 13.5. The Bertz CT molecular complexity index is 709. The molecule has 0 spiro atoms. The van der Waals surface area contributed by atoms with E-state index >= 15 is 0 Å². The van der Waals surface area contributed by atoms with E-state index in [0.717, 1.165) is 0 Å². The number of carbonyl (C=O) groups excluding carboxylic acids is 1. The monoisotopic (exact) mass is 395 g/mol. The molecule has 0 amide bonds. The van der Waals surface area contributed by atoms with Gasteiger partial charge in [-0.25, -0.2) is 4.39 Å². The number of benzene rings is 2. The highest BCUT2D eigenvalue weighted by Gasteiger charge is 2.25. The molecule has 100 valence electrons. The van der Waals surface area contributed by atoms with E-state index in [4.69, 9.17) is 0 Å². The van der Waals surface area contributed by atoms with Gasteiger partial charge in [-0.05, 0) is 39.7 Å². The van der Waals surface area contributed by atoms with Crippen LogP contribution < -0.4 is 0 Å². The van der Waals surface area contributed by atoms with Gasteiger partial charge >= 0.3 is 0 Å². The van der Waals surface area contributed by atoms with Gasteiger partial charge in [0, 0.05) is 10.0 Å². The molecule has 0 radical (unpaired) electrons. The zero-order valence-corrected chi connectivity index (χ0v) is 13.3. The predicted octanol–water partition coefficient (Wildman–Crippen LogP) is 4.84. The fourth-order valence-corrected chi connectivity index (χ4v) is 2.80. The van der Waals surface area contributed by atoms with Crippen molar-refractivity contribution in [3.05, 3.63) is 68.4 Å². The van der Waals surface area contributed by atoms with Gasteiger partial charge in [0.15, 0.2) is 5.78 Å². The van der Waals surface area contributed by atoms with Crippen LogP contribution in [0.5, 0.6) is 0 Å². The molecule has 1 unspecified atom stereocenters. The zero-order chi connectivity index (χ0) is 14.7. The molecule has 0 aromatic heterocycles. The van der Waals surface area contributed by atoms with Crippen LogP contribution in [0.25, 0.3) is 0 Å². The number of ketones is 1. The summed E-state index contributed by atoms with van der Waals surface area (Å²) in [4.78, 5) is 12.5. The van der Waals surface area contributed by atoms with Crippen LogP contribution in [0.2, 0.25) is 0 Å². The minimum Gasteiger partial charge on any atom is -0.292 e. The largest absolute Gasteiger partial charge is 0.292 e. The number of rotatable bonds is 3. The van der Waals surface area contributed by atoms with Crippen molar-refractivity contribution in [1.29, 1.82) is 5.26 Å². The van der Waals surface area contributed by atoms with Crippen LogP contribution in [0.15, 0.2) is 51.4 Å². The fourth-order valence-electron chi connectivity index (χ4n) is 1.83. The predicted molar refractivity (Wildman–Crippen MR) is 80.9 cm³/mol. The molecular formula is C15H8Br2FNO. The molecule has 0 saturated carbocycles. The number of Topliss-reactive ketones (excluding diaryl/α,β-unsaturated/α-hetero) is 1. The first-order valence-corrected chi connectivity index (χ1v) is 7.27. The van der Waals surface area contributed by atoms with E-state index in [2.05, 4.69) is 31.9 Å². The molecule has 0 heterocycles. The van der Waals surface area contributed by atoms with Gasteiger partial charge in [-0.1, -0.05) is 40.2 Å². The molecule has 20 heavy (non-hydrogen) atoms. The first kappa shape index (κ1) is 14.9. The Kier molecular flexibility index (Phi) is 4.69. The highest BCUT2D eigenvalue weighted by Crippen LogP contribution is 2.30. The van der Waals surface area contributed by atoms with E-state index < -0.39 is 17.5 Å². The number of nitrogens with zero attached hydrogens (tertiary/aromatic N) is 1. The lowest BCUT2D eigenvalue weighted by Gasteiger charge is -2.12. The zero-order valence-electron chi connectivity index (χ0n) is 10.1. The minimum absolute atomic E-state index is 0.0808. The Morgan fingerprint density at radius 2 is 1.85 bits per heavy atom. The fraction of sp³-hybridized carbons (Fsp3) is 0.0667. The number of hydrogen-bond donors (Lipinski definition) is 0. The number of hydrogen-bond acceptors (Lipinski definition) is 2. The topological polar surface area (TPSA) is 40.9 Å². The van der Waals surface area contributed by atoms with Gasteiger partial charge < -0.3 is 0 Å². The van der Waals surface area contributed by atoms with Gasteiger partial charge in [0.1, 0.15) is 11.7 Å². The maximum Gasteiger partial charge on any atom is 0.185 e. The van der Waals surface area contributed by atoms with Gasteiger partial charge in [-0.3, -0.25) is 4.79 Å². The van der Waals surface area contributed by atoms with Gasteiger partial charge in [0.2, 0.25) is 0 Å². The molecule has 0 aliphatic heterocycles. The molecule has 1 atom stereocenters. The quantitative estimate of drug-likeness (QED) is 0.696. The smallest absolute Gasteiger partial charge is 0.185 e. The minimum atomic E-state index is -0.983. The van der Waals surface area contributed by atoms with E-state index in [-0.39, 0.29) is 10.0 Å². The summed E-state index contributed by atoms with van der Waals surface area (Å²) in [5, 5.41) is 9.30. The van der Waals surface area contributed by atoms with E-state index in [1.165, 1.54) is 18.2 Å². The molecule has 2 aromatic carbocycles. The Morgan fingerprint density at radius 1 is 1.15 bits per heavy atom. The third-order valence-electron chi connectivity index (χ3n) is 2.82. The first-order valence-electron chi connectivity index (χ1n) is 5.68. The lowest BCUT2D eigenvalue weighted by Crippen LogP contribution is -2.13. The van der Waals surface area contributed by atoms with Crippen molar-refractivity contribution in [3.8, 4) is 6.07 Å². The second kappa shape index (κ2) is 6.29. The molecule has 0 aliphatic rings. The van der Waals surface area contributed by atoms with Crippen molar-refractivity contribution in [1.82, 2.24) is 0 Å². The second-order valence-electron chi connectivity index (χ2n) is 4.05. The van der Waals surface area contributed by atoms with Crippen molar-refractivity contribution in [2.24, 2.45) is 0 Å². The van der Waals surface area contributed by atoms with E-state index in [1.54, 1.807) is 24.3 Å². The van der Waals surface area contributed by atoms with Gasteiger partial charge in [0.05, 0.1) is 10.5 Å². The molecule has 0 N–H and O–H groups in total. The van der Waals surface area contributed by atoms with Crippen molar-refractivity contribution in [2.75, 3.05) is 0 Å². The average molecular weight is 397 g/mol. The Labute approximate surface area is 132 Å². The molecule has 0 aliphatic carbocycles. The van der Waals surface area contributed by atoms with Crippen LogP contribution in [0, 0.1) is 17.1 Å². The second-order valence-corrected chi connectivity index (χ2v) is 5.70. The van der Waals surface area contributed by atoms with Gasteiger partial charge in [-0.15, -0.1) is 0 Å². The highest BCUT2D eigenvalue weighted by atomic mass is 79.9. The number of nitriles is 1. The Balaban J connectivity index is 2.49. The van der Waals surface area contributed by atoms with Crippen molar-refractivity contribution in [2.45, 2.75) is 5.92 Å². The molecule has 0 fully saturated rings. The van der Waals surface area contributed by atoms with Gasteiger partial charge in [-0.2, -0.15) is 5.26 Å². The van der Waals surface area contributed by atoms with E-state index in [1.807, 2.05) is 6.07 Å². The molecule has 0 bridgehead atoms. The normalized spacial score (nSPS) is 11.7. The lowest BCUT2D eigenvalue weighted by molar-refractivity contribution is 0.0977. The van der Waals surface area contributed by atoms with Crippen LogP contribution in [-0.2, 0) is 0 Å². The van der Waals surface area contributed by atoms with Crippen LogP contribution in [-0.4, -0.2) is 5.78 Å². The van der Waals surface area contributed by atoms with Crippen LogP contribution in [0.4, 0.5) is 4.39 Å². The molecule has 2 aromatic rings. The van der Waals surface area contributed by atoms with Crippen molar-refractivity contribution in [3.63, 3.8) is 0 Å². The van der Waals surface area contributed by atoms with Crippen LogP contribution in [0.1, 0.15) is 21.8 Å². The summed E-state index contributed by atoms with van der Waals surface area (Å²) >= 11 is 6.37. The van der Waals surface area contributed by atoms with E-state index in [9.17, 15) is 14.4 Å². The van der Waals surface area contributed by atoms with Gasteiger partial charge in [0.25, 0.3) is 0 Å². The summed E-state index contributed by atoms with van der Waals surface area (Å²) in [7, 11) is 0. The average Bonchev–Trinajstić information content (AvgIpc) is 2.44. The molecule has 0 saturated heterocycles. The molecule has 5 heteroatoms. The highest BCUT2D eigenvalue weighted by molar-refractivity contribution is 9.10. The Morgan fingerprint density at radius 3 is 2.50 bits per heavy atom. The third kappa shape index (κ3) is 2.82. The standard InChI is InChI=1S/C15H8Br2FNO/c16-12-6-2-1-4-9(12)11(8-19)15(20)10-5-3-7-13(18)14(10)17/h1-7,11H. The third-order valence-corrected chi connectivity index (χ3v) is 4.35. The lowest BCUT2D eigenvalue weighted by atomic mass is 9.92. The number of carbonyl (C=O) groups is 1. The number of halogens is 3. The van der Waals surface area contributed by atoms with Crippen molar-refractivity contribution >= 4 is 37.6 Å². The molecule has 2 rings (SSSR count). The molecular weight excluding hydrogens is 389 g/mol. The summed E-state index contributed by atoms with van der Waals surface area (Å²) in [5.74, 6) is -1.95. The van der Waals surface area contributed by atoms with Crippen molar-refractivity contribution < 1.29 is 9.18 Å². The molecule has 2 nitrogen and oxygen atoms in total. The maximum atomic E-state index is 13.5. The summed E-state index contributed by atoms with van der Waals surface area (Å²) in [6, 6.07) is 13.2. The summed E-state index contributed by atoms with van der Waals surface area (Å²) in [6.07, 6.45) is 0. The SMILES string of the molecule is N#CC(C(=O)c1cccc(F)c1Br)c1ccccc1Br. The Hall–Kier alpha value is -1.51. The summed E-state index contributed by atoms with van der Waals surface area (Å²) in [6.45, 7) is 0.